The minimum absolute atomic E-state index is 0.562. The van der Waals surface area contributed by atoms with Crippen LogP contribution in [0.3, 0.4) is 0 Å². The van der Waals surface area contributed by atoms with Gasteiger partial charge >= 0.3 is 0 Å². The van der Waals surface area contributed by atoms with Gasteiger partial charge in [0.25, 0.3) is 0 Å². The zero-order valence-corrected chi connectivity index (χ0v) is 27.1. The Balaban J connectivity index is 1.09. The van der Waals surface area contributed by atoms with Gasteiger partial charge in [-0.15, -0.1) is 0 Å². The van der Waals surface area contributed by atoms with Crippen molar-refractivity contribution in [2.75, 3.05) is 0 Å². The second kappa shape index (κ2) is 10.7. The van der Waals surface area contributed by atoms with Crippen LogP contribution in [0.5, 0.6) is 0 Å². The molecule has 0 unspecified atom stereocenters. The monoisotopic (exact) mass is 654 g/mol. The van der Waals surface area contributed by atoms with Crippen molar-refractivity contribution in [2.45, 2.75) is 0 Å². The number of hydrogen-bond acceptors (Lipinski definition) is 5. The van der Waals surface area contributed by atoms with Crippen molar-refractivity contribution in [3.63, 3.8) is 0 Å². The van der Waals surface area contributed by atoms with E-state index in [1.807, 2.05) is 54.6 Å². The maximum absolute atomic E-state index is 6.49. The molecule has 0 aliphatic carbocycles. The van der Waals surface area contributed by atoms with Gasteiger partial charge in [0, 0.05) is 43.4 Å². The molecule has 0 N–H and O–H groups in total. The van der Waals surface area contributed by atoms with Crippen molar-refractivity contribution < 1.29 is 8.83 Å². The zero-order valence-electron chi connectivity index (χ0n) is 27.1. The number of hydrogen-bond donors (Lipinski definition) is 0. The summed E-state index contributed by atoms with van der Waals surface area (Å²) in [6.45, 7) is 0. The van der Waals surface area contributed by atoms with Crippen molar-refractivity contribution in [1.29, 1.82) is 0 Å². The Morgan fingerprint density at radius 2 is 1.00 bits per heavy atom. The average molecular weight is 655 g/mol. The van der Waals surface area contributed by atoms with E-state index in [1.165, 1.54) is 0 Å². The minimum Gasteiger partial charge on any atom is -0.456 e. The first-order chi connectivity index (χ1) is 25.3. The fraction of sp³-hybridized carbons (Fsp3) is 0. The Labute approximate surface area is 290 Å². The number of aromatic nitrogens is 4. The zero-order chi connectivity index (χ0) is 33.5. The van der Waals surface area contributed by atoms with Crippen LogP contribution in [0.1, 0.15) is 0 Å². The molecule has 0 aliphatic rings. The molecule has 51 heavy (non-hydrogen) atoms. The van der Waals surface area contributed by atoms with Gasteiger partial charge in [0.15, 0.2) is 11.6 Å². The molecule has 7 aromatic carbocycles. The molecule has 0 radical (unpaired) electrons. The van der Waals surface area contributed by atoms with E-state index in [1.54, 1.807) is 0 Å². The minimum atomic E-state index is 0.562. The fourth-order valence-electron chi connectivity index (χ4n) is 7.55. The van der Waals surface area contributed by atoms with E-state index in [-0.39, 0.29) is 0 Å². The van der Waals surface area contributed by atoms with Gasteiger partial charge < -0.3 is 8.83 Å². The van der Waals surface area contributed by atoms with Gasteiger partial charge in [0.1, 0.15) is 22.3 Å². The average Bonchev–Trinajstić information content (AvgIpc) is 3.87. The van der Waals surface area contributed by atoms with E-state index >= 15 is 0 Å². The van der Waals surface area contributed by atoms with Crippen LogP contribution in [0.25, 0.3) is 106 Å². The summed E-state index contributed by atoms with van der Waals surface area (Å²) in [6.07, 6.45) is 0. The lowest BCUT2D eigenvalue weighted by molar-refractivity contribution is 0.669. The summed E-state index contributed by atoms with van der Waals surface area (Å²) in [7, 11) is 0. The lowest BCUT2D eigenvalue weighted by atomic mass is 9.98. The van der Waals surface area contributed by atoms with E-state index in [9.17, 15) is 0 Å². The normalized spacial score (nSPS) is 11.9. The van der Waals surface area contributed by atoms with Crippen LogP contribution < -0.4 is 0 Å². The van der Waals surface area contributed by atoms with Crippen LogP contribution in [0.15, 0.2) is 167 Å². The van der Waals surface area contributed by atoms with Gasteiger partial charge in [0.05, 0.1) is 11.0 Å². The van der Waals surface area contributed by atoms with Crippen LogP contribution in [-0.2, 0) is 0 Å². The van der Waals surface area contributed by atoms with Crippen LogP contribution in [0, 0.1) is 0 Å². The molecule has 0 spiro atoms. The molecule has 0 bridgehead atoms. The number of nitrogens with zero attached hydrogens (tertiary/aromatic N) is 4. The van der Waals surface area contributed by atoms with Crippen LogP contribution >= 0.6 is 0 Å². The molecule has 0 saturated heterocycles. The summed E-state index contributed by atoms with van der Waals surface area (Å²) in [5.41, 5.74) is 9.43. The predicted octanol–water partition coefficient (Wildman–Crippen LogP) is 11.8. The van der Waals surface area contributed by atoms with Gasteiger partial charge in [-0.3, -0.25) is 4.57 Å². The van der Waals surface area contributed by atoms with E-state index in [0.29, 0.717) is 17.6 Å². The van der Waals surface area contributed by atoms with Crippen molar-refractivity contribution in [3.8, 4) is 39.9 Å². The van der Waals surface area contributed by atoms with Gasteiger partial charge in [-0.25, -0.2) is 4.98 Å². The molecule has 0 aliphatic heterocycles. The third-order valence-electron chi connectivity index (χ3n) is 9.88. The van der Waals surface area contributed by atoms with Crippen LogP contribution in [0.2, 0.25) is 0 Å². The molecular formula is C45H26N4O2. The first-order valence-electron chi connectivity index (χ1n) is 16.9. The predicted molar refractivity (Wildman–Crippen MR) is 205 cm³/mol. The molecule has 4 heterocycles. The largest absolute Gasteiger partial charge is 0.456 e. The third kappa shape index (κ3) is 4.26. The van der Waals surface area contributed by atoms with Crippen LogP contribution in [0.4, 0.5) is 0 Å². The molecule has 11 aromatic rings. The smallest absolute Gasteiger partial charge is 0.238 e. The Bertz CT molecular complexity index is 3100. The molecule has 0 amide bonds. The maximum atomic E-state index is 6.49. The van der Waals surface area contributed by atoms with E-state index in [0.717, 1.165) is 87.9 Å². The molecule has 6 heteroatoms. The summed E-state index contributed by atoms with van der Waals surface area (Å²) in [5, 5.41) is 6.60. The molecule has 0 saturated carbocycles. The Hall–Kier alpha value is -7.05. The van der Waals surface area contributed by atoms with E-state index in [4.69, 9.17) is 23.8 Å². The molecular weight excluding hydrogens is 629 g/mol. The topological polar surface area (TPSA) is 69.9 Å². The summed E-state index contributed by atoms with van der Waals surface area (Å²) in [4.78, 5) is 15.2. The Kier molecular flexibility index (Phi) is 5.86. The Morgan fingerprint density at radius 3 is 1.80 bits per heavy atom. The van der Waals surface area contributed by atoms with Gasteiger partial charge in [-0.05, 0) is 59.7 Å². The highest BCUT2D eigenvalue weighted by molar-refractivity contribution is 6.14. The number of benzene rings is 7. The lowest BCUT2D eigenvalue weighted by Crippen LogP contribution is -2.06. The second-order valence-corrected chi connectivity index (χ2v) is 12.8. The highest BCUT2D eigenvalue weighted by atomic mass is 16.3. The number of para-hydroxylation sites is 3. The van der Waals surface area contributed by atoms with Gasteiger partial charge in [-0.1, -0.05) is 109 Å². The molecule has 4 aromatic heterocycles. The lowest BCUT2D eigenvalue weighted by Gasteiger charge is -2.10. The first-order valence-corrected chi connectivity index (χ1v) is 16.9. The quantitative estimate of drug-likeness (QED) is 0.189. The highest BCUT2D eigenvalue weighted by Gasteiger charge is 2.19. The molecule has 0 fully saturated rings. The standard InChI is InChI=1S/C45H26N4O2/c1-2-11-27(12-3-1)43-46-44(48-45(47-43)49-36-17-7-4-13-31(36)32-14-5-8-18-37(32)49)29-21-23-33-35-25-28(22-24-39(35)51-41(33)26-29)30-16-10-20-40-42(30)34-15-6-9-19-38(34)50-40/h1-26H. The van der Waals surface area contributed by atoms with Crippen LogP contribution in [-0.4, -0.2) is 19.5 Å². The summed E-state index contributed by atoms with van der Waals surface area (Å²) in [5.74, 6) is 1.74. The second-order valence-electron chi connectivity index (χ2n) is 12.8. The molecule has 6 nitrogen and oxygen atoms in total. The van der Waals surface area contributed by atoms with E-state index < -0.39 is 0 Å². The van der Waals surface area contributed by atoms with Crippen molar-refractivity contribution >= 4 is 65.7 Å². The SMILES string of the molecule is c1ccc(-c2nc(-c3ccc4c(c3)oc3ccc(-c5cccc6oc7ccccc7c56)cc34)nc(-n3c4ccccc4c4ccccc43)n2)cc1. The number of rotatable bonds is 4. The fourth-order valence-corrected chi connectivity index (χ4v) is 7.55. The van der Waals surface area contributed by atoms with Crippen molar-refractivity contribution in [3.05, 3.63) is 158 Å². The first kappa shape index (κ1) is 27.9. The highest BCUT2D eigenvalue weighted by Crippen LogP contribution is 2.40. The number of fused-ring (bicyclic) bond motifs is 9. The Morgan fingerprint density at radius 1 is 0.373 bits per heavy atom. The molecule has 11 rings (SSSR count). The van der Waals surface area contributed by atoms with Gasteiger partial charge in [0.2, 0.25) is 5.95 Å². The molecule has 0 atom stereocenters. The number of furan rings is 2. The van der Waals surface area contributed by atoms with E-state index in [2.05, 4.69) is 108 Å². The van der Waals surface area contributed by atoms with Crippen molar-refractivity contribution in [1.82, 2.24) is 19.5 Å². The summed E-state index contributed by atoms with van der Waals surface area (Å²) < 4.78 is 14.8. The summed E-state index contributed by atoms with van der Waals surface area (Å²) in [6, 6.07) is 53.9. The maximum Gasteiger partial charge on any atom is 0.238 e. The van der Waals surface area contributed by atoms with Crippen molar-refractivity contribution in [2.24, 2.45) is 0 Å². The molecule has 238 valence electrons. The third-order valence-corrected chi connectivity index (χ3v) is 9.88. The van der Waals surface area contributed by atoms with Gasteiger partial charge in [-0.2, -0.15) is 9.97 Å². The summed E-state index contributed by atoms with van der Waals surface area (Å²) >= 11 is 0.